The van der Waals surface area contributed by atoms with Crippen molar-refractivity contribution in [3.8, 4) is 11.3 Å². The standard InChI is InChI=1S/C22H20ClF3N4O/c1-12-8-10-29(11-9-12)21(31)18-16(23)20-27-17-14-5-3-2-4-13(14)6-7-15(17)19(22(24,25)26)30(20)28-18/h2-5,12H,6-11H2,1H3. The van der Waals surface area contributed by atoms with E-state index >= 15 is 0 Å². The van der Waals surface area contributed by atoms with Gasteiger partial charge in [0.05, 0.1) is 5.69 Å². The quantitative estimate of drug-likeness (QED) is 0.524. The predicted molar refractivity (Wildman–Crippen MR) is 110 cm³/mol. The van der Waals surface area contributed by atoms with Gasteiger partial charge in [-0.3, -0.25) is 4.79 Å². The van der Waals surface area contributed by atoms with E-state index in [0.717, 1.165) is 22.9 Å². The van der Waals surface area contributed by atoms with Crippen LogP contribution in [0.15, 0.2) is 24.3 Å². The maximum Gasteiger partial charge on any atom is 0.433 e. The normalized spacial score (nSPS) is 17.0. The Bertz CT molecular complexity index is 1200. The second kappa shape index (κ2) is 7.22. The number of carbonyl (C=O) groups is 1. The molecule has 0 bridgehead atoms. The first-order valence-electron chi connectivity index (χ1n) is 10.3. The first-order chi connectivity index (χ1) is 14.8. The molecule has 1 aromatic carbocycles. The number of piperidine rings is 1. The average Bonchev–Trinajstić information content (AvgIpc) is 3.07. The van der Waals surface area contributed by atoms with Crippen LogP contribution in [0.2, 0.25) is 5.02 Å². The minimum atomic E-state index is -4.67. The molecule has 3 heterocycles. The van der Waals surface area contributed by atoms with Crippen molar-refractivity contribution in [2.24, 2.45) is 5.92 Å². The van der Waals surface area contributed by atoms with Gasteiger partial charge in [-0.15, -0.1) is 0 Å². The van der Waals surface area contributed by atoms with Crippen LogP contribution in [-0.2, 0) is 19.0 Å². The molecule has 2 aromatic heterocycles. The first-order valence-corrected chi connectivity index (χ1v) is 10.7. The second-order valence-electron chi connectivity index (χ2n) is 8.32. The molecule has 1 amide bonds. The third-order valence-electron chi connectivity index (χ3n) is 6.26. The van der Waals surface area contributed by atoms with Gasteiger partial charge in [0.25, 0.3) is 5.91 Å². The summed E-state index contributed by atoms with van der Waals surface area (Å²) in [6.45, 7) is 3.18. The van der Waals surface area contributed by atoms with Crippen molar-refractivity contribution in [1.82, 2.24) is 19.5 Å². The van der Waals surface area contributed by atoms with Crippen LogP contribution in [0.5, 0.6) is 0 Å². The molecule has 0 unspecified atom stereocenters. The lowest BCUT2D eigenvalue weighted by atomic mass is 9.88. The second-order valence-corrected chi connectivity index (χ2v) is 8.69. The Hall–Kier alpha value is -2.61. The highest BCUT2D eigenvalue weighted by molar-refractivity contribution is 6.36. The number of benzene rings is 1. The SMILES string of the molecule is CC1CCN(C(=O)c2nn3c(C(F)(F)F)c4c(nc3c2Cl)-c2ccccc2CC4)CC1. The largest absolute Gasteiger partial charge is 0.433 e. The zero-order valence-corrected chi connectivity index (χ0v) is 17.6. The number of hydrogen-bond acceptors (Lipinski definition) is 3. The Labute approximate surface area is 181 Å². The van der Waals surface area contributed by atoms with E-state index in [1.165, 1.54) is 0 Å². The minimum absolute atomic E-state index is 0.0867. The van der Waals surface area contributed by atoms with Crippen LogP contribution in [0.1, 0.15) is 47.1 Å². The summed E-state index contributed by atoms with van der Waals surface area (Å²) in [5.74, 6) is 0.0554. The molecule has 1 aliphatic carbocycles. The summed E-state index contributed by atoms with van der Waals surface area (Å²) in [5, 5.41) is 3.91. The molecule has 0 atom stereocenters. The van der Waals surface area contributed by atoms with Gasteiger partial charge in [-0.1, -0.05) is 42.8 Å². The van der Waals surface area contributed by atoms with E-state index in [0.29, 0.717) is 31.0 Å². The molecule has 0 spiro atoms. The third-order valence-corrected chi connectivity index (χ3v) is 6.61. The number of fused-ring (bicyclic) bond motifs is 4. The number of likely N-dealkylation sites (tertiary alicyclic amines) is 1. The fourth-order valence-electron chi connectivity index (χ4n) is 4.53. The highest BCUT2D eigenvalue weighted by atomic mass is 35.5. The summed E-state index contributed by atoms with van der Waals surface area (Å²) in [5.41, 5.74) is 0.720. The van der Waals surface area contributed by atoms with Crippen LogP contribution in [0.25, 0.3) is 16.9 Å². The number of carbonyl (C=O) groups excluding carboxylic acids is 1. The number of halogens is 4. The lowest BCUT2D eigenvalue weighted by Gasteiger charge is -2.29. The van der Waals surface area contributed by atoms with Gasteiger partial charge >= 0.3 is 6.18 Å². The monoisotopic (exact) mass is 448 g/mol. The third kappa shape index (κ3) is 3.28. The van der Waals surface area contributed by atoms with Gasteiger partial charge in [0.2, 0.25) is 0 Å². The summed E-state index contributed by atoms with van der Waals surface area (Å²) >= 11 is 6.43. The zero-order chi connectivity index (χ0) is 21.9. The Morgan fingerprint density at radius 2 is 1.87 bits per heavy atom. The number of alkyl halides is 3. The van der Waals surface area contributed by atoms with Crippen molar-refractivity contribution in [1.29, 1.82) is 0 Å². The molecule has 2 aliphatic rings. The molecule has 1 aliphatic heterocycles. The molecular formula is C22H20ClF3N4O. The molecule has 9 heteroatoms. The lowest BCUT2D eigenvalue weighted by molar-refractivity contribution is -0.143. The zero-order valence-electron chi connectivity index (χ0n) is 16.8. The number of hydrogen-bond donors (Lipinski definition) is 0. The minimum Gasteiger partial charge on any atom is -0.337 e. The van der Waals surface area contributed by atoms with Gasteiger partial charge in [0.15, 0.2) is 17.0 Å². The molecule has 1 saturated heterocycles. The molecule has 0 radical (unpaired) electrons. The molecule has 0 N–H and O–H groups in total. The molecule has 1 fully saturated rings. The molecule has 162 valence electrons. The first kappa shape index (κ1) is 20.3. The van der Waals surface area contributed by atoms with Crippen molar-refractivity contribution < 1.29 is 18.0 Å². The smallest absolute Gasteiger partial charge is 0.337 e. The highest BCUT2D eigenvalue weighted by Crippen LogP contribution is 2.41. The number of aryl methyl sites for hydroxylation is 1. The van der Waals surface area contributed by atoms with Crippen molar-refractivity contribution in [2.75, 3.05) is 13.1 Å². The summed E-state index contributed by atoms with van der Waals surface area (Å²) in [6.07, 6.45) is -2.32. The lowest BCUT2D eigenvalue weighted by Crippen LogP contribution is -2.38. The Morgan fingerprint density at radius 1 is 1.16 bits per heavy atom. The topological polar surface area (TPSA) is 50.5 Å². The van der Waals surface area contributed by atoms with E-state index in [-0.39, 0.29) is 34.0 Å². The van der Waals surface area contributed by atoms with Crippen LogP contribution in [0.3, 0.4) is 0 Å². The van der Waals surface area contributed by atoms with Crippen molar-refractivity contribution in [3.05, 3.63) is 51.8 Å². The molecule has 31 heavy (non-hydrogen) atoms. The fraction of sp³-hybridized carbons (Fsp3) is 0.409. The maximum absolute atomic E-state index is 14.2. The van der Waals surface area contributed by atoms with Crippen molar-refractivity contribution in [3.63, 3.8) is 0 Å². The average molecular weight is 449 g/mol. The van der Waals surface area contributed by atoms with Crippen LogP contribution in [0.4, 0.5) is 13.2 Å². The highest BCUT2D eigenvalue weighted by Gasteiger charge is 2.41. The number of amides is 1. The molecule has 5 rings (SSSR count). The number of aromatic nitrogens is 3. The van der Waals surface area contributed by atoms with E-state index in [1.54, 1.807) is 17.0 Å². The van der Waals surface area contributed by atoms with Crippen molar-refractivity contribution >= 4 is 23.2 Å². The summed E-state index contributed by atoms with van der Waals surface area (Å²) in [6, 6.07) is 7.29. The Kier molecular flexibility index (Phi) is 4.73. The van der Waals surface area contributed by atoms with Gasteiger partial charge in [0.1, 0.15) is 5.02 Å². The number of rotatable bonds is 1. The van der Waals surface area contributed by atoms with Crippen molar-refractivity contribution in [2.45, 2.75) is 38.8 Å². The van der Waals surface area contributed by atoms with E-state index in [2.05, 4.69) is 17.0 Å². The van der Waals surface area contributed by atoms with Crippen LogP contribution in [0, 0.1) is 5.92 Å². The Balaban J connectivity index is 1.71. The molecule has 5 nitrogen and oxygen atoms in total. The van der Waals surface area contributed by atoms with E-state index in [1.807, 2.05) is 12.1 Å². The van der Waals surface area contributed by atoms with E-state index in [9.17, 15) is 18.0 Å². The maximum atomic E-state index is 14.2. The van der Waals surface area contributed by atoms with Crippen LogP contribution >= 0.6 is 11.6 Å². The number of nitrogens with zero attached hydrogens (tertiary/aromatic N) is 4. The van der Waals surface area contributed by atoms with Crippen LogP contribution in [-0.4, -0.2) is 38.5 Å². The van der Waals surface area contributed by atoms with Gasteiger partial charge in [0, 0.05) is 24.2 Å². The predicted octanol–water partition coefficient (Wildman–Crippen LogP) is 5.04. The summed E-state index contributed by atoms with van der Waals surface area (Å²) in [4.78, 5) is 19.1. The molecular weight excluding hydrogens is 429 g/mol. The molecule has 0 saturated carbocycles. The van der Waals surface area contributed by atoms with Gasteiger partial charge < -0.3 is 4.90 Å². The summed E-state index contributed by atoms with van der Waals surface area (Å²) < 4.78 is 43.3. The fourth-order valence-corrected chi connectivity index (χ4v) is 4.77. The van der Waals surface area contributed by atoms with E-state index < -0.39 is 17.8 Å². The van der Waals surface area contributed by atoms with E-state index in [4.69, 9.17) is 11.6 Å². The van der Waals surface area contributed by atoms with Gasteiger partial charge in [-0.25, -0.2) is 9.50 Å². The van der Waals surface area contributed by atoms with Gasteiger partial charge in [-0.2, -0.15) is 18.3 Å². The summed E-state index contributed by atoms with van der Waals surface area (Å²) in [7, 11) is 0. The van der Waals surface area contributed by atoms with Gasteiger partial charge in [-0.05, 0) is 37.2 Å². The molecule has 3 aromatic rings. The Morgan fingerprint density at radius 3 is 2.58 bits per heavy atom. The van der Waals surface area contributed by atoms with Crippen LogP contribution < -0.4 is 0 Å².